The molecule has 2 aliphatic heterocycles. The number of rotatable bonds is 6. The van der Waals surface area contributed by atoms with E-state index in [-0.39, 0.29) is 6.04 Å². The molecule has 2 saturated heterocycles. The Morgan fingerprint density at radius 2 is 2.10 bits per heavy atom. The van der Waals surface area contributed by atoms with E-state index in [1.54, 1.807) is 7.11 Å². The van der Waals surface area contributed by atoms with Crippen molar-refractivity contribution >= 4 is 44.2 Å². The number of sulfone groups is 1. The van der Waals surface area contributed by atoms with E-state index in [2.05, 4.69) is 20.2 Å². The van der Waals surface area contributed by atoms with E-state index in [1.165, 1.54) is 11.3 Å². The maximum atomic E-state index is 11.7. The van der Waals surface area contributed by atoms with Gasteiger partial charge in [0.1, 0.15) is 5.75 Å². The van der Waals surface area contributed by atoms with Crippen molar-refractivity contribution in [3.05, 3.63) is 28.2 Å². The Hall–Kier alpha value is -1.53. The Balaban J connectivity index is 1.33. The lowest BCUT2D eigenvalue weighted by Crippen LogP contribution is -2.50. The highest BCUT2D eigenvalue weighted by atomic mass is 32.2. The highest BCUT2D eigenvalue weighted by Gasteiger charge is 2.33. The molecule has 0 amide bonds. The molecule has 158 valence electrons. The zero-order chi connectivity index (χ0) is 20.4. The second kappa shape index (κ2) is 8.68. The summed E-state index contributed by atoms with van der Waals surface area (Å²) < 4.78 is 31.3. The van der Waals surface area contributed by atoms with Gasteiger partial charge < -0.3 is 10.1 Å². The molecule has 4 rings (SSSR count). The molecular formula is C18H25N5O3S3. The van der Waals surface area contributed by atoms with Crippen molar-refractivity contribution in [2.24, 2.45) is 0 Å². The minimum absolute atomic E-state index is 0.183. The van der Waals surface area contributed by atoms with Gasteiger partial charge in [-0.25, -0.2) is 13.1 Å². The number of nitrogens with zero attached hydrogens (tertiary/aromatic N) is 4. The molecule has 0 saturated carbocycles. The number of benzene rings is 1. The van der Waals surface area contributed by atoms with Crippen molar-refractivity contribution in [2.75, 3.05) is 50.1 Å². The second-order valence-electron chi connectivity index (χ2n) is 7.38. The maximum absolute atomic E-state index is 11.7. The van der Waals surface area contributed by atoms with Crippen LogP contribution < -0.4 is 10.1 Å². The van der Waals surface area contributed by atoms with Crippen LogP contribution in [0.25, 0.3) is 0 Å². The van der Waals surface area contributed by atoms with E-state index in [0.29, 0.717) is 18.2 Å². The highest BCUT2D eigenvalue weighted by Crippen LogP contribution is 2.24. The number of hydrogen-bond donors (Lipinski definition) is 1. The highest BCUT2D eigenvalue weighted by molar-refractivity contribution is 7.91. The smallest absolute Gasteiger partial charge is 0.209 e. The predicted molar refractivity (Wildman–Crippen MR) is 117 cm³/mol. The summed E-state index contributed by atoms with van der Waals surface area (Å²) >= 11 is 6.94. The van der Waals surface area contributed by atoms with Crippen LogP contribution >= 0.6 is 23.6 Å². The summed E-state index contributed by atoms with van der Waals surface area (Å²) in [6.45, 7) is 4.17. The van der Waals surface area contributed by atoms with Crippen molar-refractivity contribution < 1.29 is 13.2 Å². The van der Waals surface area contributed by atoms with Gasteiger partial charge in [0, 0.05) is 44.0 Å². The van der Waals surface area contributed by atoms with Crippen LogP contribution in [-0.4, -0.2) is 78.8 Å². The van der Waals surface area contributed by atoms with Crippen LogP contribution in [0.4, 0.5) is 10.8 Å². The molecule has 1 aromatic heterocycles. The van der Waals surface area contributed by atoms with Crippen molar-refractivity contribution in [3.63, 3.8) is 0 Å². The van der Waals surface area contributed by atoms with Crippen LogP contribution in [0.3, 0.4) is 0 Å². The molecule has 2 aliphatic rings. The number of methoxy groups -OCH3 is 1. The zero-order valence-electron chi connectivity index (χ0n) is 16.3. The first-order chi connectivity index (χ1) is 13.9. The van der Waals surface area contributed by atoms with Crippen LogP contribution in [0, 0.1) is 3.95 Å². The van der Waals surface area contributed by atoms with Crippen molar-refractivity contribution in [2.45, 2.75) is 19.1 Å². The summed E-state index contributed by atoms with van der Waals surface area (Å²) in [5.41, 5.74) is 0.903. The van der Waals surface area contributed by atoms with Gasteiger partial charge in [0.15, 0.2) is 13.8 Å². The van der Waals surface area contributed by atoms with E-state index in [0.717, 1.165) is 53.1 Å². The zero-order valence-corrected chi connectivity index (χ0v) is 18.7. The molecule has 3 heterocycles. The fourth-order valence-corrected chi connectivity index (χ4v) is 6.57. The number of piperazine rings is 1. The molecule has 11 heteroatoms. The van der Waals surface area contributed by atoms with E-state index < -0.39 is 9.84 Å². The lowest BCUT2D eigenvalue weighted by Gasteiger charge is -2.37. The Labute approximate surface area is 180 Å². The average molecular weight is 456 g/mol. The summed E-state index contributed by atoms with van der Waals surface area (Å²) in [6, 6.07) is 7.87. The molecule has 0 bridgehead atoms. The Bertz CT molecular complexity index is 1010. The maximum Gasteiger partial charge on any atom is 0.209 e. The van der Waals surface area contributed by atoms with Gasteiger partial charge >= 0.3 is 0 Å². The molecule has 0 unspecified atom stereocenters. The van der Waals surface area contributed by atoms with Crippen molar-refractivity contribution in [3.8, 4) is 5.75 Å². The topological polar surface area (TPSA) is 79.7 Å². The van der Waals surface area contributed by atoms with E-state index in [4.69, 9.17) is 17.0 Å². The standard InChI is InChI=1S/C18H25N5O3S3/c1-26-16-4-2-3-14(11-16)19-17-20-23(18(27)28-17)13-21-6-8-22(9-7-21)15-5-10-29(24,25)12-15/h2-4,11,15H,5-10,12-13H2,1H3,(H,19,20)/t15-/m1/s1. The fraction of sp³-hybridized carbons (Fsp3) is 0.556. The van der Waals surface area contributed by atoms with Gasteiger partial charge in [-0.05, 0) is 30.8 Å². The third kappa shape index (κ3) is 5.15. The van der Waals surface area contributed by atoms with Gasteiger partial charge in [-0.1, -0.05) is 17.4 Å². The van der Waals surface area contributed by atoms with Crippen LogP contribution in [0.2, 0.25) is 0 Å². The molecule has 1 atom stereocenters. The van der Waals surface area contributed by atoms with E-state index >= 15 is 0 Å². The van der Waals surface area contributed by atoms with Gasteiger partial charge in [-0.15, -0.1) is 5.10 Å². The number of nitrogens with one attached hydrogen (secondary N) is 1. The SMILES string of the molecule is COc1cccc(Nc2nn(CN3CCN([C@@H]4CCS(=O)(=O)C4)CC3)c(=S)s2)c1. The lowest BCUT2D eigenvalue weighted by molar-refractivity contribution is 0.0812. The van der Waals surface area contributed by atoms with Gasteiger partial charge in [-0.3, -0.25) is 9.80 Å². The number of hydrogen-bond acceptors (Lipinski definition) is 9. The molecule has 1 N–H and O–H groups in total. The fourth-order valence-electron chi connectivity index (χ4n) is 3.79. The van der Waals surface area contributed by atoms with Crippen LogP contribution in [0.1, 0.15) is 6.42 Å². The van der Waals surface area contributed by atoms with Crippen molar-refractivity contribution in [1.82, 2.24) is 19.6 Å². The minimum atomic E-state index is -2.84. The van der Waals surface area contributed by atoms with Crippen molar-refractivity contribution in [1.29, 1.82) is 0 Å². The van der Waals surface area contributed by atoms with Gasteiger partial charge in [0.2, 0.25) is 5.13 Å². The summed E-state index contributed by atoms with van der Waals surface area (Å²) in [7, 11) is -1.19. The first-order valence-electron chi connectivity index (χ1n) is 9.58. The number of anilines is 2. The average Bonchev–Trinajstić information content (AvgIpc) is 3.24. The largest absolute Gasteiger partial charge is 0.497 e. The molecule has 0 aliphatic carbocycles. The molecular weight excluding hydrogens is 430 g/mol. The lowest BCUT2D eigenvalue weighted by atomic mass is 10.2. The van der Waals surface area contributed by atoms with Gasteiger partial charge in [0.25, 0.3) is 0 Å². The van der Waals surface area contributed by atoms with Crippen LogP contribution in [-0.2, 0) is 16.5 Å². The minimum Gasteiger partial charge on any atom is -0.497 e. The first-order valence-corrected chi connectivity index (χ1v) is 12.6. The Morgan fingerprint density at radius 3 is 2.79 bits per heavy atom. The monoisotopic (exact) mass is 455 g/mol. The van der Waals surface area contributed by atoms with Gasteiger partial charge in [-0.2, -0.15) is 0 Å². The molecule has 0 spiro atoms. The molecule has 2 fully saturated rings. The quantitative estimate of drug-likeness (QED) is 0.664. The molecule has 29 heavy (non-hydrogen) atoms. The van der Waals surface area contributed by atoms with Crippen LogP contribution in [0.5, 0.6) is 5.75 Å². The number of aromatic nitrogens is 2. The summed E-state index contributed by atoms with van der Waals surface area (Å²) in [6.07, 6.45) is 0.763. The predicted octanol–water partition coefficient (Wildman–Crippen LogP) is 2.19. The van der Waals surface area contributed by atoms with Crippen LogP contribution in [0.15, 0.2) is 24.3 Å². The first kappa shape index (κ1) is 20.7. The summed E-state index contributed by atoms with van der Waals surface area (Å²) in [5.74, 6) is 1.42. The second-order valence-corrected chi connectivity index (χ2v) is 11.2. The summed E-state index contributed by atoms with van der Waals surface area (Å²) in [5, 5.41) is 8.65. The molecule has 8 nitrogen and oxygen atoms in total. The van der Waals surface area contributed by atoms with Gasteiger partial charge in [0.05, 0.1) is 25.3 Å². The third-order valence-corrected chi connectivity index (χ3v) is 8.37. The molecule has 0 radical (unpaired) electrons. The summed E-state index contributed by atoms with van der Waals surface area (Å²) in [4.78, 5) is 4.63. The third-order valence-electron chi connectivity index (χ3n) is 5.39. The molecule has 2 aromatic rings. The normalized spacial score (nSPS) is 22.6. The van der Waals surface area contributed by atoms with E-state index in [9.17, 15) is 8.42 Å². The molecule has 1 aromatic carbocycles. The Morgan fingerprint density at radius 1 is 1.31 bits per heavy atom. The van der Waals surface area contributed by atoms with E-state index in [1.807, 2.05) is 28.9 Å². The Kier molecular flexibility index (Phi) is 6.21. The number of ether oxygens (including phenoxy) is 1.